The largest absolute Gasteiger partial charge is 0.479 e. The van der Waals surface area contributed by atoms with Gasteiger partial charge in [0.2, 0.25) is 0 Å². The van der Waals surface area contributed by atoms with E-state index in [4.69, 9.17) is 0 Å². The maximum absolute atomic E-state index is 12.3. The van der Waals surface area contributed by atoms with Crippen LogP contribution in [0.15, 0.2) is 36.5 Å². The Bertz CT molecular complexity index is 679. The fourth-order valence-corrected chi connectivity index (χ4v) is 2.14. The number of carboxylic acids is 1. The van der Waals surface area contributed by atoms with Crippen LogP contribution in [0.3, 0.4) is 0 Å². The molecule has 1 heterocycles. The van der Waals surface area contributed by atoms with E-state index in [2.05, 4.69) is 10.4 Å². The van der Waals surface area contributed by atoms with Crippen LogP contribution >= 0.6 is 0 Å². The van der Waals surface area contributed by atoms with Crippen molar-refractivity contribution in [3.63, 3.8) is 0 Å². The highest BCUT2D eigenvalue weighted by molar-refractivity contribution is 5.98. The maximum atomic E-state index is 12.3. The van der Waals surface area contributed by atoms with E-state index in [-0.39, 0.29) is 0 Å². The van der Waals surface area contributed by atoms with Crippen molar-refractivity contribution in [3.8, 4) is 0 Å². The highest BCUT2D eigenvalue weighted by Gasteiger charge is 2.37. The van der Waals surface area contributed by atoms with Crippen molar-refractivity contribution >= 4 is 11.9 Å². The number of nitrogens with zero attached hydrogens (tertiary/aromatic N) is 2. The first-order chi connectivity index (χ1) is 9.84. The Kier molecular flexibility index (Phi) is 3.80. The molecule has 110 valence electrons. The van der Waals surface area contributed by atoms with Crippen LogP contribution < -0.4 is 5.32 Å². The Morgan fingerprint density at radius 3 is 2.38 bits per heavy atom. The summed E-state index contributed by atoms with van der Waals surface area (Å²) in [5.74, 6) is -1.59. The molecule has 0 spiro atoms. The number of amides is 1. The smallest absolute Gasteiger partial charge is 0.333 e. The van der Waals surface area contributed by atoms with E-state index in [1.807, 2.05) is 0 Å². The van der Waals surface area contributed by atoms with E-state index in [0.717, 1.165) is 0 Å². The second-order valence-corrected chi connectivity index (χ2v) is 5.05. The van der Waals surface area contributed by atoms with Gasteiger partial charge in [-0.3, -0.25) is 9.48 Å². The molecule has 6 nitrogen and oxygen atoms in total. The normalized spacial score (nSPS) is 13.5. The number of carboxylic acid groups (broad SMARTS) is 1. The summed E-state index contributed by atoms with van der Waals surface area (Å²) in [6.45, 7) is 3.17. The van der Waals surface area contributed by atoms with Crippen LogP contribution in [0.25, 0.3) is 0 Å². The van der Waals surface area contributed by atoms with E-state index in [1.54, 1.807) is 50.5 Å². The predicted octanol–water partition coefficient (Wildman–Crippen LogP) is 1.46. The summed E-state index contributed by atoms with van der Waals surface area (Å²) in [7, 11) is 1.71. The molecule has 0 radical (unpaired) electrons. The highest BCUT2D eigenvalue weighted by atomic mass is 16.4. The quantitative estimate of drug-likeness (QED) is 0.891. The van der Waals surface area contributed by atoms with Crippen molar-refractivity contribution < 1.29 is 14.7 Å². The average molecular weight is 287 g/mol. The van der Waals surface area contributed by atoms with Crippen molar-refractivity contribution in [1.82, 2.24) is 15.1 Å². The van der Waals surface area contributed by atoms with E-state index in [1.165, 1.54) is 11.6 Å². The molecule has 2 rings (SSSR count). The molecule has 0 bridgehead atoms. The van der Waals surface area contributed by atoms with Gasteiger partial charge < -0.3 is 10.4 Å². The van der Waals surface area contributed by atoms with E-state index in [9.17, 15) is 14.7 Å². The number of aryl methyl sites for hydroxylation is 2. The lowest BCUT2D eigenvalue weighted by molar-refractivity contribution is -0.144. The maximum Gasteiger partial charge on any atom is 0.333 e. The molecule has 0 aliphatic rings. The lowest BCUT2D eigenvalue weighted by Gasteiger charge is -2.26. The van der Waals surface area contributed by atoms with Gasteiger partial charge in [-0.25, -0.2) is 4.79 Å². The molecule has 0 aliphatic heterocycles. The monoisotopic (exact) mass is 287 g/mol. The van der Waals surface area contributed by atoms with E-state index < -0.39 is 17.4 Å². The third-order valence-electron chi connectivity index (χ3n) is 3.40. The SMILES string of the molecule is Cc1nn(C)cc1C(=O)NC(C)(C(=O)O)c1ccccc1. The standard InChI is InChI=1S/C15H17N3O3/c1-10-12(9-18(3)17-10)13(19)16-15(2,14(20)21)11-7-5-4-6-8-11/h4-9H,1-3H3,(H,16,19)(H,20,21). The van der Waals surface area contributed by atoms with Crippen LogP contribution in [-0.2, 0) is 17.4 Å². The summed E-state index contributed by atoms with van der Waals surface area (Å²) in [6.07, 6.45) is 1.57. The molecule has 2 aromatic rings. The van der Waals surface area contributed by atoms with Gasteiger partial charge in [-0.15, -0.1) is 0 Å². The molecular weight excluding hydrogens is 270 g/mol. The number of benzene rings is 1. The first kappa shape index (κ1) is 14.8. The zero-order valence-corrected chi connectivity index (χ0v) is 12.1. The molecule has 0 saturated carbocycles. The number of carbonyl (C=O) groups excluding carboxylic acids is 1. The minimum Gasteiger partial charge on any atom is -0.479 e. The van der Waals surface area contributed by atoms with Crippen LogP contribution in [0.5, 0.6) is 0 Å². The van der Waals surface area contributed by atoms with Gasteiger partial charge in [-0.1, -0.05) is 30.3 Å². The van der Waals surface area contributed by atoms with Crippen LogP contribution in [0, 0.1) is 6.92 Å². The lowest BCUT2D eigenvalue weighted by atomic mass is 9.91. The molecule has 0 fully saturated rings. The van der Waals surface area contributed by atoms with Gasteiger partial charge in [0, 0.05) is 13.2 Å². The first-order valence-electron chi connectivity index (χ1n) is 6.46. The van der Waals surface area contributed by atoms with Crippen molar-refractivity contribution in [1.29, 1.82) is 0 Å². The molecule has 0 saturated heterocycles. The number of nitrogens with one attached hydrogen (secondary N) is 1. The topological polar surface area (TPSA) is 84.2 Å². The van der Waals surface area contributed by atoms with Gasteiger partial charge in [0.15, 0.2) is 5.54 Å². The van der Waals surface area contributed by atoms with Crippen molar-refractivity contribution in [3.05, 3.63) is 53.3 Å². The van der Waals surface area contributed by atoms with Crippen LogP contribution in [-0.4, -0.2) is 26.8 Å². The Morgan fingerprint density at radius 1 is 1.29 bits per heavy atom. The Balaban J connectivity index is 2.35. The van der Waals surface area contributed by atoms with Crippen molar-refractivity contribution in [2.75, 3.05) is 0 Å². The Morgan fingerprint density at radius 2 is 1.90 bits per heavy atom. The van der Waals surface area contributed by atoms with Crippen LogP contribution in [0.2, 0.25) is 0 Å². The third-order valence-corrected chi connectivity index (χ3v) is 3.40. The molecule has 21 heavy (non-hydrogen) atoms. The van der Waals surface area contributed by atoms with Gasteiger partial charge in [0.1, 0.15) is 0 Å². The highest BCUT2D eigenvalue weighted by Crippen LogP contribution is 2.22. The lowest BCUT2D eigenvalue weighted by Crippen LogP contribution is -2.49. The number of hydrogen-bond donors (Lipinski definition) is 2. The summed E-state index contributed by atoms with van der Waals surface area (Å²) in [6, 6.07) is 8.60. The molecular formula is C15H17N3O3. The fourth-order valence-electron chi connectivity index (χ4n) is 2.14. The van der Waals surface area contributed by atoms with Crippen LogP contribution in [0.1, 0.15) is 28.5 Å². The predicted molar refractivity (Wildman–Crippen MR) is 76.8 cm³/mol. The second-order valence-electron chi connectivity index (χ2n) is 5.05. The zero-order chi connectivity index (χ0) is 15.6. The summed E-state index contributed by atoms with van der Waals surface area (Å²) < 4.78 is 1.52. The summed E-state index contributed by atoms with van der Waals surface area (Å²) in [5.41, 5.74) is -0.0789. The molecule has 1 unspecified atom stereocenters. The number of rotatable bonds is 4. The second kappa shape index (κ2) is 5.40. The molecule has 2 N–H and O–H groups in total. The molecule has 0 aliphatic carbocycles. The van der Waals surface area contributed by atoms with E-state index >= 15 is 0 Å². The van der Waals surface area contributed by atoms with E-state index in [0.29, 0.717) is 16.8 Å². The van der Waals surface area contributed by atoms with Gasteiger partial charge in [-0.05, 0) is 19.4 Å². The van der Waals surface area contributed by atoms with Gasteiger partial charge in [0.05, 0.1) is 11.3 Å². The fraction of sp³-hybridized carbons (Fsp3) is 0.267. The summed E-state index contributed by atoms with van der Waals surface area (Å²) in [4.78, 5) is 24.0. The molecule has 6 heteroatoms. The third kappa shape index (κ3) is 2.79. The van der Waals surface area contributed by atoms with Crippen molar-refractivity contribution in [2.24, 2.45) is 7.05 Å². The van der Waals surface area contributed by atoms with Crippen LogP contribution in [0.4, 0.5) is 0 Å². The minimum atomic E-state index is -1.50. The zero-order valence-electron chi connectivity index (χ0n) is 12.1. The number of aliphatic carboxylic acids is 1. The Labute approximate surface area is 122 Å². The molecule has 1 atom stereocenters. The first-order valence-corrected chi connectivity index (χ1v) is 6.46. The molecule has 1 amide bonds. The minimum absolute atomic E-state index is 0.362. The van der Waals surface area contributed by atoms with Crippen molar-refractivity contribution in [2.45, 2.75) is 19.4 Å². The number of carbonyl (C=O) groups is 2. The summed E-state index contributed by atoms with van der Waals surface area (Å²) >= 11 is 0. The van der Waals surface area contributed by atoms with Gasteiger partial charge in [0.25, 0.3) is 5.91 Å². The Hall–Kier alpha value is -2.63. The molecule has 1 aromatic heterocycles. The summed E-state index contributed by atoms with van der Waals surface area (Å²) in [5, 5.41) is 16.2. The average Bonchev–Trinajstić information content (AvgIpc) is 2.78. The van der Waals surface area contributed by atoms with Gasteiger partial charge >= 0.3 is 5.97 Å². The number of hydrogen-bond acceptors (Lipinski definition) is 3. The molecule has 1 aromatic carbocycles. The number of aromatic nitrogens is 2. The van der Waals surface area contributed by atoms with Gasteiger partial charge in [-0.2, -0.15) is 5.10 Å².